The van der Waals surface area contributed by atoms with Gasteiger partial charge in [0.1, 0.15) is 19.6 Å². The third-order valence-electron chi connectivity index (χ3n) is 4.56. The van der Waals surface area contributed by atoms with Crippen LogP contribution in [0.15, 0.2) is 24.3 Å². The number of carbonyl (C=O) groups is 1. The number of para-hydroxylation sites is 1. The zero-order chi connectivity index (χ0) is 19.0. The summed E-state index contributed by atoms with van der Waals surface area (Å²) in [6, 6.07) is 7.29. The van der Waals surface area contributed by atoms with Crippen LogP contribution in [0.4, 0.5) is 5.69 Å². The Labute approximate surface area is 156 Å². The molecule has 7 nitrogen and oxygen atoms in total. The lowest BCUT2D eigenvalue weighted by atomic mass is 10.1. The van der Waals surface area contributed by atoms with Crippen LogP contribution in [0.1, 0.15) is 18.9 Å². The first-order chi connectivity index (χ1) is 12.4. The van der Waals surface area contributed by atoms with Gasteiger partial charge < -0.3 is 15.0 Å². The largest absolute Gasteiger partial charge is 0.370 e. The lowest BCUT2D eigenvalue weighted by molar-refractivity contribution is -0.908. The van der Waals surface area contributed by atoms with Crippen LogP contribution >= 0.6 is 0 Å². The number of hydrogen-bond acceptors (Lipinski definition) is 4. The Hall–Kier alpha value is -1.64. The molecular formula is C18H30N3O4S+. The second-order valence-electron chi connectivity index (χ2n) is 6.57. The summed E-state index contributed by atoms with van der Waals surface area (Å²) in [6.45, 7) is 6.90. The SMILES string of the molecule is CCc1ccccc1N(CC(=O)NCCC[NH+]1CCOCC1)S(C)(=O)=O. The normalized spacial score (nSPS) is 15.6. The zero-order valence-electron chi connectivity index (χ0n) is 15.7. The highest BCUT2D eigenvalue weighted by Crippen LogP contribution is 2.23. The van der Waals surface area contributed by atoms with E-state index in [0.29, 0.717) is 18.7 Å². The summed E-state index contributed by atoms with van der Waals surface area (Å²) in [5.74, 6) is -0.279. The average Bonchev–Trinajstić information content (AvgIpc) is 2.63. The number of anilines is 1. The van der Waals surface area contributed by atoms with E-state index in [4.69, 9.17) is 4.74 Å². The van der Waals surface area contributed by atoms with E-state index in [9.17, 15) is 13.2 Å². The van der Waals surface area contributed by atoms with Gasteiger partial charge in [-0.05, 0) is 18.1 Å². The maximum Gasteiger partial charge on any atom is 0.240 e. The number of hydrogen-bond donors (Lipinski definition) is 2. The molecule has 0 radical (unpaired) electrons. The predicted octanol–water partition coefficient (Wildman–Crippen LogP) is -0.564. The molecule has 0 aliphatic carbocycles. The van der Waals surface area contributed by atoms with Gasteiger partial charge in [-0.1, -0.05) is 25.1 Å². The van der Waals surface area contributed by atoms with Crippen molar-refractivity contribution in [3.05, 3.63) is 29.8 Å². The molecule has 1 aliphatic heterocycles. The van der Waals surface area contributed by atoms with Gasteiger partial charge in [0.25, 0.3) is 0 Å². The fourth-order valence-corrected chi connectivity index (χ4v) is 3.98. The summed E-state index contributed by atoms with van der Waals surface area (Å²) in [5, 5.41) is 2.84. The van der Waals surface area contributed by atoms with Crippen molar-refractivity contribution in [1.29, 1.82) is 0 Å². The van der Waals surface area contributed by atoms with Gasteiger partial charge in [0, 0.05) is 13.0 Å². The number of nitrogens with one attached hydrogen (secondary N) is 2. The number of amides is 1. The lowest BCUT2D eigenvalue weighted by Crippen LogP contribution is -3.14. The van der Waals surface area contributed by atoms with E-state index in [2.05, 4.69) is 5.32 Å². The van der Waals surface area contributed by atoms with Crippen LogP contribution in [0.2, 0.25) is 0 Å². The Morgan fingerprint density at radius 1 is 1.27 bits per heavy atom. The molecule has 1 amide bonds. The molecule has 1 aromatic rings. The van der Waals surface area contributed by atoms with Crippen molar-refractivity contribution in [3.63, 3.8) is 0 Å². The molecule has 2 rings (SSSR count). The van der Waals surface area contributed by atoms with Gasteiger partial charge >= 0.3 is 0 Å². The predicted molar refractivity (Wildman–Crippen MR) is 102 cm³/mol. The molecular weight excluding hydrogens is 354 g/mol. The van der Waals surface area contributed by atoms with Crippen molar-refractivity contribution < 1.29 is 22.8 Å². The topological polar surface area (TPSA) is 80.2 Å². The second kappa shape index (κ2) is 9.89. The Morgan fingerprint density at radius 2 is 1.96 bits per heavy atom. The summed E-state index contributed by atoms with van der Waals surface area (Å²) in [7, 11) is -3.54. The summed E-state index contributed by atoms with van der Waals surface area (Å²) in [5.41, 5.74) is 1.48. The van der Waals surface area contributed by atoms with Crippen LogP contribution in [0.3, 0.4) is 0 Å². The molecule has 1 aliphatic rings. The van der Waals surface area contributed by atoms with Crippen LogP contribution < -0.4 is 14.5 Å². The first kappa shape index (κ1) is 20.7. The molecule has 0 bridgehead atoms. The number of ether oxygens (including phenoxy) is 1. The molecule has 0 saturated carbocycles. The maximum absolute atomic E-state index is 12.3. The van der Waals surface area contributed by atoms with E-state index in [1.807, 2.05) is 19.1 Å². The van der Waals surface area contributed by atoms with Gasteiger partial charge in [-0.3, -0.25) is 9.10 Å². The number of morpholine rings is 1. The second-order valence-corrected chi connectivity index (χ2v) is 8.47. The van der Waals surface area contributed by atoms with Crippen molar-refractivity contribution in [2.24, 2.45) is 0 Å². The number of benzene rings is 1. The number of nitrogens with zero attached hydrogens (tertiary/aromatic N) is 1. The summed E-state index contributed by atoms with van der Waals surface area (Å²) in [6.07, 6.45) is 2.70. The van der Waals surface area contributed by atoms with Gasteiger partial charge in [0.2, 0.25) is 15.9 Å². The van der Waals surface area contributed by atoms with Crippen LogP contribution in [0.5, 0.6) is 0 Å². The standard InChI is InChI=1S/C18H29N3O4S/c1-3-16-7-4-5-8-17(16)21(26(2,23)24)15-18(22)19-9-6-10-20-11-13-25-14-12-20/h4-5,7-8H,3,6,9-15H2,1-2H3,(H,19,22)/p+1. The maximum atomic E-state index is 12.3. The average molecular weight is 385 g/mol. The Kier molecular flexibility index (Phi) is 7.86. The van der Waals surface area contributed by atoms with E-state index < -0.39 is 10.0 Å². The van der Waals surface area contributed by atoms with Crippen LogP contribution in [0.25, 0.3) is 0 Å². The molecule has 1 aromatic carbocycles. The lowest BCUT2D eigenvalue weighted by Gasteiger charge is -2.25. The fourth-order valence-electron chi connectivity index (χ4n) is 3.10. The highest BCUT2D eigenvalue weighted by atomic mass is 32.2. The highest BCUT2D eigenvalue weighted by molar-refractivity contribution is 7.92. The highest BCUT2D eigenvalue weighted by Gasteiger charge is 2.22. The van der Waals surface area contributed by atoms with Gasteiger partial charge in [-0.25, -0.2) is 8.42 Å². The number of rotatable bonds is 9. The first-order valence-electron chi connectivity index (χ1n) is 9.15. The molecule has 146 valence electrons. The Morgan fingerprint density at radius 3 is 2.62 bits per heavy atom. The molecule has 1 fully saturated rings. The van der Waals surface area contributed by atoms with Gasteiger partial charge in [-0.15, -0.1) is 0 Å². The molecule has 0 spiro atoms. The molecule has 26 heavy (non-hydrogen) atoms. The molecule has 0 aromatic heterocycles. The minimum Gasteiger partial charge on any atom is -0.370 e. The van der Waals surface area contributed by atoms with E-state index in [-0.39, 0.29) is 12.5 Å². The Balaban J connectivity index is 1.88. The smallest absolute Gasteiger partial charge is 0.240 e. The van der Waals surface area contributed by atoms with Gasteiger partial charge in [0.15, 0.2) is 0 Å². The van der Waals surface area contributed by atoms with Gasteiger partial charge in [0.05, 0.1) is 31.7 Å². The third-order valence-corrected chi connectivity index (χ3v) is 5.68. The summed E-state index contributed by atoms with van der Waals surface area (Å²) < 4.78 is 30.9. The third kappa shape index (κ3) is 6.26. The van der Waals surface area contributed by atoms with E-state index in [0.717, 1.165) is 51.1 Å². The van der Waals surface area contributed by atoms with E-state index in [1.165, 1.54) is 9.21 Å². The number of aryl methyl sites for hydroxylation is 1. The number of carbonyl (C=O) groups excluding carboxylic acids is 1. The molecule has 8 heteroatoms. The van der Waals surface area contributed by atoms with E-state index >= 15 is 0 Å². The van der Waals surface area contributed by atoms with Crippen molar-refractivity contribution in [2.75, 3.05) is 56.5 Å². The van der Waals surface area contributed by atoms with Crippen LogP contribution in [-0.4, -0.2) is 66.5 Å². The Bertz CT molecular complexity index is 687. The molecule has 1 saturated heterocycles. The van der Waals surface area contributed by atoms with Crippen molar-refractivity contribution >= 4 is 21.6 Å². The van der Waals surface area contributed by atoms with Crippen molar-refractivity contribution in [1.82, 2.24) is 5.32 Å². The first-order valence-corrected chi connectivity index (χ1v) is 11.0. The van der Waals surface area contributed by atoms with Crippen molar-refractivity contribution in [3.8, 4) is 0 Å². The molecule has 0 unspecified atom stereocenters. The van der Waals surface area contributed by atoms with E-state index in [1.54, 1.807) is 12.1 Å². The fraction of sp³-hybridized carbons (Fsp3) is 0.611. The molecule has 0 atom stereocenters. The van der Waals surface area contributed by atoms with Gasteiger partial charge in [-0.2, -0.15) is 0 Å². The monoisotopic (exact) mass is 384 g/mol. The molecule has 2 N–H and O–H groups in total. The summed E-state index contributed by atoms with van der Waals surface area (Å²) in [4.78, 5) is 13.8. The van der Waals surface area contributed by atoms with Crippen molar-refractivity contribution in [2.45, 2.75) is 19.8 Å². The minimum absolute atomic E-state index is 0.194. The van der Waals surface area contributed by atoms with Crippen LogP contribution in [-0.2, 0) is 26.0 Å². The zero-order valence-corrected chi connectivity index (χ0v) is 16.5. The minimum atomic E-state index is -3.54. The number of sulfonamides is 1. The van der Waals surface area contributed by atoms with Crippen LogP contribution in [0, 0.1) is 0 Å². The number of quaternary nitrogens is 1. The summed E-state index contributed by atoms with van der Waals surface area (Å²) >= 11 is 0. The molecule has 1 heterocycles. The quantitative estimate of drug-likeness (QED) is 0.559.